The van der Waals surface area contributed by atoms with E-state index in [2.05, 4.69) is 14.2 Å². The molecule has 1 N–H and O–H groups in total. The van der Waals surface area contributed by atoms with E-state index in [0.717, 1.165) is 49.8 Å². The fourth-order valence-corrected chi connectivity index (χ4v) is 5.84. The second kappa shape index (κ2) is 10.2. The molecule has 3 aromatic rings. The Bertz CT molecular complexity index is 1390. The summed E-state index contributed by atoms with van der Waals surface area (Å²) in [5.41, 5.74) is 2.48. The average molecular weight is 500 g/mol. The second-order valence-electron chi connectivity index (χ2n) is 8.48. The van der Waals surface area contributed by atoms with E-state index in [1.807, 2.05) is 32.1 Å². The lowest BCUT2D eigenvalue weighted by Gasteiger charge is -2.16. The first-order valence-corrected chi connectivity index (χ1v) is 13.2. The van der Waals surface area contributed by atoms with Gasteiger partial charge in [-0.1, -0.05) is 26.0 Å². The van der Waals surface area contributed by atoms with Gasteiger partial charge >= 0.3 is 5.97 Å². The van der Waals surface area contributed by atoms with Crippen molar-refractivity contribution < 1.29 is 22.3 Å². The van der Waals surface area contributed by atoms with Gasteiger partial charge in [0.25, 0.3) is 10.0 Å². The molecule has 4 rings (SSSR count). The number of nitrogens with zero attached hydrogens (tertiary/aromatic N) is 2. The number of methoxy groups -OCH3 is 1. The van der Waals surface area contributed by atoms with Crippen LogP contribution in [0.3, 0.4) is 0 Å². The van der Waals surface area contributed by atoms with Crippen LogP contribution in [0.1, 0.15) is 41.9 Å². The molecule has 1 aliphatic heterocycles. The van der Waals surface area contributed by atoms with Gasteiger partial charge in [0.05, 0.1) is 23.3 Å². The molecule has 0 aliphatic carbocycles. The van der Waals surface area contributed by atoms with Gasteiger partial charge in [0.15, 0.2) is 0 Å². The Morgan fingerprint density at radius 3 is 2.69 bits per heavy atom. The number of aryl methyl sites for hydroxylation is 2. The predicted octanol–water partition coefficient (Wildman–Crippen LogP) is 4.67. The smallest absolute Gasteiger partial charge is 0.340 e. The normalized spacial score (nSPS) is 13.6. The molecule has 0 spiro atoms. The zero-order valence-corrected chi connectivity index (χ0v) is 21.0. The summed E-state index contributed by atoms with van der Waals surface area (Å²) in [6.07, 6.45) is 5.35. The minimum Gasteiger partial charge on any atom is -0.465 e. The molecule has 0 fully saturated rings. The number of esters is 1. The number of carbonyl (C=O) groups is 1. The van der Waals surface area contributed by atoms with Crippen molar-refractivity contribution in [1.29, 1.82) is 0 Å². The summed E-state index contributed by atoms with van der Waals surface area (Å²) in [4.78, 5) is 14.8. The number of halogens is 1. The first-order chi connectivity index (χ1) is 16.8. The molecule has 2 aromatic carbocycles. The Morgan fingerprint density at radius 2 is 1.97 bits per heavy atom. The minimum atomic E-state index is -4.15. The SMILES string of the molecule is CCN(CC)C/C=C\c1cc(F)ccc1S(=O)(=O)Nc1ccc2c(cc3n2CCC3)c1C(=O)OC. The summed E-state index contributed by atoms with van der Waals surface area (Å²) in [6.45, 7) is 7.23. The number of sulfonamides is 1. The number of ether oxygens (including phenoxy) is 1. The Balaban J connectivity index is 1.74. The molecule has 9 heteroatoms. The second-order valence-corrected chi connectivity index (χ2v) is 10.1. The lowest BCUT2D eigenvalue weighted by atomic mass is 10.1. The molecule has 0 saturated heterocycles. The summed E-state index contributed by atoms with van der Waals surface area (Å²) >= 11 is 0. The van der Waals surface area contributed by atoms with Gasteiger partial charge in [-0.3, -0.25) is 4.72 Å². The number of hydrogen-bond acceptors (Lipinski definition) is 5. The van der Waals surface area contributed by atoms with E-state index in [4.69, 9.17) is 4.74 Å². The third kappa shape index (κ3) is 4.97. The van der Waals surface area contributed by atoms with Crippen molar-refractivity contribution in [3.05, 3.63) is 65.1 Å². The summed E-state index contributed by atoms with van der Waals surface area (Å²) in [5.74, 6) is -1.16. The quantitative estimate of drug-likeness (QED) is 0.433. The predicted molar refractivity (Wildman–Crippen MR) is 136 cm³/mol. The number of benzene rings is 2. The molecule has 35 heavy (non-hydrogen) atoms. The summed E-state index contributed by atoms with van der Waals surface area (Å²) < 4.78 is 50.6. The van der Waals surface area contributed by atoms with Gasteiger partial charge in [-0.2, -0.15) is 0 Å². The van der Waals surface area contributed by atoms with Crippen LogP contribution < -0.4 is 4.72 Å². The molecule has 186 valence electrons. The lowest BCUT2D eigenvalue weighted by molar-refractivity contribution is 0.0604. The molecule has 0 amide bonds. The van der Waals surface area contributed by atoms with Crippen LogP contribution in [0, 0.1) is 5.82 Å². The number of hydrogen-bond donors (Lipinski definition) is 1. The zero-order valence-electron chi connectivity index (χ0n) is 20.2. The monoisotopic (exact) mass is 499 g/mol. The highest BCUT2D eigenvalue weighted by atomic mass is 32.2. The van der Waals surface area contributed by atoms with Gasteiger partial charge in [-0.25, -0.2) is 17.6 Å². The average Bonchev–Trinajstić information content (AvgIpc) is 3.42. The van der Waals surface area contributed by atoms with Crippen LogP contribution in [-0.4, -0.2) is 50.6 Å². The van der Waals surface area contributed by atoms with Crippen LogP contribution in [0.5, 0.6) is 0 Å². The van der Waals surface area contributed by atoms with Crippen LogP contribution >= 0.6 is 0 Å². The van der Waals surface area contributed by atoms with E-state index < -0.39 is 21.8 Å². The van der Waals surface area contributed by atoms with E-state index in [0.29, 0.717) is 11.9 Å². The number of nitrogens with one attached hydrogen (secondary N) is 1. The third-order valence-corrected chi connectivity index (χ3v) is 7.88. The maximum atomic E-state index is 14.0. The van der Waals surface area contributed by atoms with E-state index in [1.54, 1.807) is 12.1 Å². The Morgan fingerprint density at radius 1 is 1.20 bits per heavy atom. The first-order valence-electron chi connectivity index (χ1n) is 11.7. The van der Waals surface area contributed by atoms with Gasteiger partial charge in [0, 0.05) is 29.7 Å². The van der Waals surface area contributed by atoms with Crippen molar-refractivity contribution in [2.24, 2.45) is 0 Å². The molecule has 1 aromatic heterocycles. The number of aromatic nitrogens is 1. The van der Waals surface area contributed by atoms with Crippen LogP contribution in [0.4, 0.5) is 10.1 Å². The highest BCUT2D eigenvalue weighted by molar-refractivity contribution is 7.92. The van der Waals surface area contributed by atoms with Gasteiger partial charge < -0.3 is 14.2 Å². The highest BCUT2D eigenvalue weighted by Crippen LogP contribution is 2.34. The van der Waals surface area contributed by atoms with E-state index in [-0.39, 0.29) is 21.7 Å². The van der Waals surface area contributed by atoms with Crippen LogP contribution in [0.2, 0.25) is 0 Å². The number of rotatable bonds is 9. The van der Waals surface area contributed by atoms with Crippen molar-refractivity contribution >= 4 is 38.7 Å². The van der Waals surface area contributed by atoms with Gasteiger partial charge in [-0.15, -0.1) is 0 Å². The topological polar surface area (TPSA) is 80.6 Å². The number of carbonyl (C=O) groups excluding carboxylic acids is 1. The van der Waals surface area contributed by atoms with Gasteiger partial charge in [0.1, 0.15) is 5.82 Å². The van der Waals surface area contributed by atoms with E-state index in [9.17, 15) is 17.6 Å². The fourth-order valence-electron chi connectivity index (χ4n) is 4.59. The first kappa shape index (κ1) is 24.9. The molecular weight excluding hydrogens is 469 g/mol. The van der Waals surface area contributed by atoms with Crippen molar-refractivity contribution in [1.82, 2.24) is 9.47 Å². The maximum Gasteiger partial charge on any atom is 0.340 e. The van der Waals surface area contributed by atoms with E-state index in [1.165, 1.54) is 19.2 Å². The highest BCUT2D eigenvalue weighted by Gasteiger charge is 2.26. The molecule has 0 unspecified atom stereocenters. The number of anilines is 1. The van der Waals surface area contributed by atoms with Crippen molar-refractivity contribution in [3.63, 3.8) is 0 Å². The number of fused-ring (bicyclic) bond motifs is 3. The fraction of sp³-hybridized carbons (Fsp3) is 0.346. The Hall–Kier alpha value is -3.17. The van der Waals surface area contributed by atoms with Crippen molar-refractivity contribution in [3.8, 4) is 0 Å². The van der Waals surface area contributed by atoms with Crippen molar-refractivity contribution in [2.45, 2.75) is 38.1 Å². The van der Waals surface area contributed by atoms with Crippen LogP contribution in [-0.2, 0) is 27.7 Å². The molecule has 0 bridgehead atoms. The third-order valence-electron chi connectivity index (χ3n) is 6.44. The summed E-state index contributed by atoms with van der Waals surface area (Å²) in [6, 6.07) is 8.85. The molecule has 7 nitrogen and oxygen atoms in total. The van der Waals surface area contributed by atoms with Gasteiger partial charge in [-0.05, 0) is 67.9 Å². The van der Waals surface area contributed by atoms with Gasteiger partial charge in [0.2, 0.25) is 0 Å². The summed E-state index contributed by atoms with van der Waals surface area (Å²) in [7, 11) is -2.88. The maximum absolute atomic E-state index is 14.0. The molecule has 1 aliphatic rings. The van der Waals surface area contributed by atoms with Crippen LogP contribution in [0.25, 0.3) is 17.0 Å². The minimum absolute atomic E-state index is 0.0787. The largest absolute Gasteiger partial charge is 0.465 e. The molecule has 0 atom stereocenters. The Kier molecular flexibility index (Phi) is 7.28. The molecular formula is C26H30FN3O4S. The number of likely N-dealkylation sites (N-methyl/N-ethyl adjacent to an activating group) is 1. The van der Waals surface area contributed by atoms with E-state index >= 15 is 0 Å². The van der Waals surface area contributed by atoms with Crippen molar-refractivity contribution in [2.75, 3.05) is 31.5 Å². The lowest BCUT2D eigenvalue weighted by Crippen LogP contribution is -2.22. The molecule has 0 radical (unpaired) electrons. The Labute approximate surface area is 205 Å². The standard InChI is InChI=1S/C26H30FN3O4S/c1-4-29(5-2)14-6-8-18-16-19(27)10-13-24(18)35(32,33)28-22-11-12-23-21(25(22)26(31)34-3)17-20-9-7-15-30(20)23/h6,8,10-13,16-17,28H,4-5,7,9,14-15H2,1-3H3/b8-6-. The molecule has 2 heterocycles. The zero-order chi connectivity index (χ0) is 25.2. The summed E-state index contributed by atoms with van der Waals surface area (Å²) in [5, 5.41) is 0.644. The van der Waals surface area contributed by atoms with Crippen LogP contribution in [0.15, 0.2) is 47.4 Å². The molecule has 0 saturated carbocycles.